The second kappa shape index (κ2) is 6.05. The Labute approximate surface area is 132 Å². The summed E-state index contributed by atoms with van der Waals surface area (Å²) in [4.78, 5) is 6.35. The lowest BCUT2D eigenvalue weighted by atomic mass is 10.2. The highest BCUT2D eigenvalue weighted by Crippen LogP contribution is 2.36. The number of aromatic nitrogens is 1. The van der Waals surface area contributed by atoms with Crippen LogP contribution in [0.5, 0.6) is 0 Å². The number of nitrogens with zero attached hydrogens (tertiary/aromatic N) is 2. The summed E-state index contributed by atoms with van der Waals surface area (Å²) < 4.78 is 1.21. The van der Waals surface area contributed by atoms with Crippen molar-refractivity contribution in [1.29, 1.82) is 0 Å². The second-order valence-corrected chi connectivity index (χ2v) is 5.49. The van der Waals surface area contributed by atoms with E-state index in [4.69, 9.17) is 0 Å². The third-order valence-electron chi connectivity index (χ3n) is 3.03. The molecule has 98 valence electrons. The van der Waals surface area contributed by atoms with Crippen LogP contribution in [-0.2, 0) is 0 Å². The molecule has 2 aromatic carbocycles. The van der Waals surface area contributed by atoms with Crippen molar-refractivity contribution >= 4 is 39.7 Å². The van der Waals surface area contributed by atoms with Crippen molar-refractivity contribution in [2.45, 2.75) is 0 Å². The Hall–Kier alpha value is -1.88. The Balaban J connectivity index is 2.17. The molecule has 0 saturated heterocycles. The summed E-state index contributed by atoms with van der Waals surface area (Å²) in [5.41, 5.74) is 3.42. The largest absolute Gasteiger partial charge is 0.309 e. The van der Waals surface area contributed by atoms with Crippen LogP contribution in [0.3, 0.4) is 0 Å². The number of hydrogen-bond donors (Lipinski definition) is 0. The summed E-state index contributed by atoms with van der Waals surface area (Å²) in [5, 5.41) is 0. The lowest BCUT2D eigenvalue weighted by Crippen LogP contribution is -2.11. The van der Waals surface area contributed by atoms with Gasteiger partial charge in [-0.15, -0.1) is 0 Å². The maximum Gasteiger partial charge on any atom is 0.0595 e. The maximum atomic E-state index is 4.11. The summed E-state index contributed by atoms with van der Waals surface area (Å²) in [6.07, 6.45) is 3.64. The Morgan fingerprint density at radius 1 is 0.700 bits per heavy atom. The van der Waals surface area contributed by atoms with Gasteiger partial charge in [0.15, 0.2) is 0 Å². The van der Waals surface area contributed by atoms with E-state index in [0.29, 0.717) is 0 Å². The Morgan fingerprint density at radius 3 is 2.00 bits per heavy atom. The zero-order valence-corrected chi connectivity index (χ0v) is 12.9. The van der Waals surface area contributed by atoms with E-state index >= 15 is 0 Å². The third kappa shape index (κ3) is 2.67. The standard InChI is InChI=1S/C17H13IN2/c18-16-8-4-5-9-17(16)20(14-6-2-1-3-7-14)15-10-12-19-13-11-15/h1-13H. The van der Waals surface area contributed by atoms with Crippen LogP contribution in [0, 0.1) is 3.57 Å². The quantitative estimate of drug-likeness (QED) is 0.591. The van der Waals surface area contributed by atoms with Crippen molar-refractivity contribution in [3.63, 3.8) is 0 Å². The minimum absolute atomic E-state index is 1.11. The fourth-order valence-corrected chi connectivity index (χ4v) is 2.76. The number of halogens is 1. The fraction of sp³-hybridized carbons (Fsp3) is 0. The molecule has 0 unspecified atom stereocenters. The van der Waals surface area contributed by atoms with Gasteiger partial charge in [0.25, 0.3) is 0 Å². The van der Waals surface area contributed by atoms with Gasteiger partial charge in [0, 0.05) is 27.3 Å². The van der Waals surface area contributed by atoms with Gasteiger partial charge in [-0.25, -0.2) is 0 Å². The molecule has 3 rings (SSSR count). The van der Waals surface area contributed by atoms with Crippen LogP contribution in [0.1, 0.15) is 0 Å². The first kappa shape index (κ1) is 13.1. The first-order valence-corrected chi connectivity index (χ1v) is 7.44. The summed E-state index contributed by atoms with van der Waals surface area (Å²) in [6, 6.07) is 22.8. The summed E-state index contributed by atoms with van der Waals surface area (Å²) >= 11 is 2.37. The lowest BCUT2D eigenvalue weighted by Gasteiger charge is -2.26. The Morgan fingerprint density at radius 2 is 1.30 bits per heavy atom. The number of rotatable bonds is 3. The molecule has 0 aliphatic heterocycles. The predicted molar refractivity (Wildman–Crippen MR) is 91.6 cm³/mol. The van der Waals surface area contributed by atoms with E-state index in [1.54, 1.807) is 0 Å². The van der Waals surface area contributed by atoms with Crippen molar-refractivity contribution in [2.75, 3.05) is 4.90 Å². The highest BCUT2D eigenvalue weighted by molar-refractivity contribution is 14.1. The molecule has 0 N–H and O–H groups in total. The van der Waals surface area contributed by atoms with Crippen molar-refractivity contribution in [2.24, 2.45) is 0 Å². The smallest absolute Gasteiger partial charge is 0.0595 e. The normalized spacial score (nSPS) is 10.2. The molecule has 3 aromatic rings. The highest BCUT2D eigenvalue weighted by Gasteiger charge is 2.13. The summed E-state index contributed by atoms with van der Waals surface area (Å²) in [6.45, 7) is 0. The molecule has 1 aromatic heterocycles. The van der Waals surface area contributed by atoms with Crippen LogP contribution in [0.2, 0.25) is 0 Å². The van der Waals surface area contributed by atoms with E-state index in [0.717, 1.165) is 11.4 Å². The Bertz CT molecular complexity index is 644. The van der Waals surface area contributed by atoms with Crippen molar-refractivity contribution in [1.82, 2.24) is 4.98 Å². The van der Waals surface area contributed by atoms with E-state index in [9.17, 15) is 0 Å². The van der Waals surface area contributed by atoms with Crippen LogP contribution in [0.25, 0.3) is 0 Å². The SMILES string of the molecule is Ic1ccccc1N(c1ccccc1)c1ccncc1. The molecular weight excluding hydrogens is 359 g/mol. The molecule has 0 spiro atoms. The van der Waals surface area contributed by atoms with Gasteiger partial charge in [-0.05, 0) is 59.0 Å². The average Bonchev–Trinajstić information content (AvgIpc) is 2.52. The van der Waals surface area contributed by atoms with E-state index < -0.39 is 0 Å². The minimum Gasteiger partial charge on any atom is -0.309 e. The highest BCUT2D eigenvalue weighted by atomic mass is 127. The van der Waals surface area contributed by atoms with E-state index in [1.165, 1.54) is 9.26 Å². The zero-order valence-electron chi connectivity index (χ0n) is 10.8. The van der Waals surface area contributed by atoms with Gasteiger partial charge < -0.3 is 4.90 Å². The molecule has 0 aliphatic rings. The van der Waals surface area contributed by atoms with Gasteiger partial charge in [0.05, 0.1) is 5.69 Å². The van der Waals surface area contributed by atoms with Crippen LogP contribution in [-0.4, -0.2) is 4.98 Å². The van der Waals surface area contributed by atoms with Gasteiger partial charge in [0.1, 0.15) is 0 Å². The number of pyridine rings is 1. The van der Waals surface area contributed by atoms with Gasteiger partial charge in [-0.2, -0.15) is 0 Å². The number of hydrogen-bond acceptors (Lipinski definition) is 2. The fourth-order valence-electron chi connectivity index (χ4n) is 2.13. The molecule has 0 bridgehead atoms. The summed E-state index contributed by atoms with van der Waals surface area (Å²) in [7, 11) is 0. The molecule has 1 heterocycles. The van der Waals surface area contributed by atoms with Crippen molar-refractivity contribution in [3.8, 4) is 0 Å². The molecule has 0 saturated carbocycles. The number of benzene rings is 2. The number of para-hydroxylation sites is 2. The van der Waals surface area contributed by atoms with E-state index in [2.05, 4.69) is 81.0 Å². The maximum absolute atomic E-state index is 4.11. The van der Waals surface area contributed by atoms with Crippen LogP contribution in [0.15, 0.2) is 79.1 Å². The molecular formula is C17H13IN2. The average molecular weight is 372 g/mol. The van der Waals surface area contributed by atoms with Crippen LogP contribution < -0.4 is 4.90 Å². The second-order valence-electron chi connectivity index (χ2n) is 4.33. The monoisotopic (exact) mass is 372 g/mol. The minimum atomic E-state index is 1.11. The molecule has 0 atom stereocenters. The predicted octanol–water partition coefficient (Wildman–Crippen LogP) is 5.16. The molecule has 0 radical (unpaired) electrons. The molecule has 20 heavy (non-hydrogen) atoms. The third-order valence-corrected chi connectivity index (χ3v) is 3.94. The molecule has 2 nitrogen and oxygen atoms in total. The molecule has 0 fully saturated rings. The first-order chi connectivity index (χ1) is 9.86. The first-order valence-electron chi connectivity index (χ1n) is 6.36. The molecule has 3 heteroatoms. The van der Waals surface area contributed by atoms with Crippen molar-refractivity contribution in [3.05, 3.63) is 82.7 Å². The number of anilines is 3. The van der Waals surface area contributed by atoms with Gasteiger partial charge in [-0.3, -0.25) is 4.98 Å². The van der Waals surface area contributed by atoms with E-state index in [1.807, 2.05) is 30.6 Å². The van der Waals surface area contributed by atoms with E-state index in [-0.39, 0.29) is 0 Å². The lowest BCUT2D eigenvalue weighted by molar-refractivity contribution is 1.24. The van der Waals surface area contributed by atoms with Crippen molar-refractivity contribution < 1.29 is 0 Å². The topological polar surface area (TPSA) is 16.1 Å². The molecule has 0 amide bonds. The van der Waals surface area contributed by atoms with Gasteiger partial charge in [0.2, 0.25) is 0 Å². The van der Waals surface area contributed by atoms with Gasteiger partial charge in [-0.1, -0.05) is 30.3 Å². The van der Waals surface area contributed by atoms with Crippen LogP contribution >= 0.6 is 22.6 Å². The summed E-state index contributed by atoms with van der Waals surface area (Å²) in [5.74, 6) is 0. The van der Waals surface area contributed by atoms with Gasteiger partial charge >= 0.3 is 0 Å². The zero-order chi connectivity index (χ0) is 13.8. The van der Waals surface area contributed by atoms with Crippen LogP contribution in [0.4, 0.5) is 17.1 Å². The molecule has 0 aliphatic carbocycles. The Kier molecular flexibility index (Phi) is 3.97.